The first-order valence-corrected chi connectivity index (χ1v) is 7.27. The Kier molecular flexibility index (Phi) is 3.10. The van der Waals surface area contributed by atoms with Gasteiger partial charge in [0.15, 0.2) is 0 Å². The Morgan fingerprint density at radius 1 is 0.933 bits per heavy atom. The van der Waals surface area contributed by atoms with Crippen molar-refractivity contribution >= 4 is 9.62 Å². The summed E-state index contributed by atoms with van der Waals surface area (Å²) in [5.41, 5.74) is 0. The minimum atomic E-state index is -2.06. The molecule has 15 heavy (non-hydrogen) atoms. The van der Waals surface area contributed by atoms with Crippen LogP contribution in [-0.2, 0) is 9.62 Å². The maximum absolute atomic E-state index is 8.31. The highest BCUT2D eigenvalue weighted by Crippen LogP contribution is 2.29. The smallest absolute Gasteiger partial charge is 0.0286 e. The fourth-order valence-corrected chi connectivity index (χ4v) is 4.26. The zero-order chi connectivity index (χ0) is 10.7. The van der Waals surface area contributed by atoms with Crippen LogP contribution >= 0.6 is 0 Å². The molecule has 1 saturated carbocycles. The van der Waals surface area contributed by atoms with Gasteiger partial charge in [0, 0.05) is 10.1 Å². The third kappa shape index (κ3) is 2.23. The Bertz CT molecular complexity index is 403. The monoisotopic (exact) mass is 222 g/mol. The molecule has 0 radical (unpaired) electrons. The van der Waals surface area contributed by atoms with Gasteiger partial charge < -0.3 is 0 Å². The van der Waals surface area contributed by atoms with Crippen LogP contribution in [0.1, 0.15) is 32.1 Å². The molecule has 0 saturated heterocycles. The molecular formula is C12H18N2S. The molecule has 0 amide bonds. The molecule has 1 aliphatic rings. The normalized spacial score (nSPS) is 18.9. The van der Waals surface area contributed by atoms with Gasteiger partial charge in [-0.3, -0.25) is 9.56 Å². The van der Waals surface area contributed by atoms with Gasteiger partial charge in [-0.1, -0.05) is 37.5 Å². The first kappa shape index (κ1) is 10.7. The van der Waals surface area contributed by atoms with Crippen LogP contribution in [0.5, 0.6) is 0 Å². The second kappa shape index (κ2) is 4.35. The molecule has 0 spiro atoms. The van der Waals surface area contributed by atoms with Crippen LogP contribution in [0, 0.1) is 9.56 Å². The molecule has 1 aromatic rings. The van der Waals surface area contributed by atoms with Crippen molar-refractivity contribution in [1.29, 1.82) is 9.56 Å². The lowest BCUT2D eigenvalue weighted by Crippen LogP contribution is -2.21. The summed E-state index contributed by atoms with van der Waals surface area (Å²) in [6.45, 7) is 0. The summed E-state index contributed by atoms with van der Waals surface area (Å²) in [7, 11) is -2.06. The van der Waals surface area contributed by atoms with Gasteiger partial charge in [-0.15, -0.1) is 0 Å². The molecule has 0 aliphatic heterocycles. The quantitative estimate of drug-likeness (QED) is 0.758. The highest BCUT2D eigenvalue weighted by atomic mass is 32.2. The molecule has 2 nitrogen and oxygen atoms in total. The predicted molar refractivity (Wildman–Crippen MR) is 64.4 cm³/mol. The number of hydrogen-bond acceptors (Lipinski definition) is 2. The summed E-state index contributed by atoms with van der Waals surface area (Å²) in [6, 6.07) is 9.75. The van der Waals surface area contributed by atoms with Crippen LogP contribution < -0.4 is 0 Å². The van der Waals surface area contributed by atoms with Crippen LogP contribution in [0.15, 0.2) is 35.2 Å². The zero-order valence-electron chi connectivity index (χ0n) is 8.91. The van der Waals surface area contributed by atoms with Crippen molar-refractivity contribution in [3.05, 3.63) is 30.3 Å². The van der Waals surface area contributed by atoms with Crippen molar-refractivity contribution in [2.24, 2.45) is 0 Å². The van der Waals surface area contributed by atoms with Crippen molar-refractivity contribution < 1.29 is 0 Å². The molecule has 0 aromatic heterocycles. The van der Waals surface area contributed by atoms with Crippen LogP contribution in [0.3, 0.4) is 0 Å². The molecule has 82 valence electrons. The first-order chi connectivity index (χ1) is 7.21. The van der Waals surface area contributed by atoms with Crippen molar-refractivity contribution in [3.8, 4) is 0 Å². The van der Waals surface area contributed by atoms with Gasteiger partial charge in [-0.2, -0.15) is 0 Å². The van der Waals surface area contributed by atoms with E-state index in [1.807, 2.05) is 30.3 Å². The van der Waals surface area contributed by atoms with E-state index in [-0.39, 0.29) is 0 Å². The molecule has 2 N–H and O–H groups in total. The number of hydrogen-bond donors (Lipinski definition) is 2. The fraction of sp³-hybridized carbons (Fsp3) is 0.500. The van der Waals surface area contributed by atoms with E-state index in [2.05, 4.69) is 0 Å². The van der Waals surface area contributed by atoms with Gasteiger partial charge in [-0.25, -0.2) is 0 Å². The van der Waals surface area contributed by atoms with E-state index in [1.165, 1.54) is 19.3 Å². The van der Waals surface area contributed by atoms with E-state index >= 15 is 0 Å². The maximum atomic E-state index is 8.31. The summed E-state index contributed by atoms with van der Waals surface area (Å²) in [5, 5.41) is 0.300. The van der Waals surface area contributed by atoms with Crippen LogP contribution in [0.2, 0.25) is 0 Å². The van der Waals surface area contributed by atoms with E-state index in [4.69, 9.17) is 9.56 Å². The average Bonchev–Trinajstić information content (AvgIpc) is 2.31. The third-order valence-corrected chi connectivity index (χ3v) is 5.65. The molecule has 0 bridgehead atoms. The number of rotatable bonds is 2. The van der Waals surface area contributed by atoms with Crippen molar-refractivity contribution in [3.63, 3.8) is 0 Å². The minimum Gasteiger partial charge on any atom is -0.266 e. The molecule has 0 unspecified atom stereocenters. The molecule has 1 aromatic carbocycles. The Labute approximate surface area is 92.1 Å². The lowest BCUT2D eigenvalue weighted by molar-refractivity contribution is 0.511. The summed E-state index contributed by atoms with van der Waals surface area (Å²) in [4.78, 5) is 0.928. The summed E-state index contributed by atoms with van der Waals surface area (Å²) < 4.78 is 16.6. The van der Waals surface area contributed by atoms with Crippen molar-refractivity contribution in [2.45, 2.75) is 42.2 Å². The van der Waals surface area contributed by atoms with Gasteiger partial charge in [0.05, 0.1) is 0 Å². The fourth-order valence-electron chi connectivity index (χ4n) is 2.25. The molecule has 0 heterocycles. The zero-order valence-corrected chi connectivity index (χ0v) is 9.72. The Balaban J connectivity index is 2.26. The third-order valence-electron chi connectivity index (χ3n) is 3.17. The molecule has 1 aliphatic carbocycles. The van der Waals surface area contributed by atoms with Gasteiger partial charge >= 0.3 is 0 Å². The van der Waals surface area contributed by atoms with E-state index in [0.29, 0.717) is 5.25 Å². The van der Waals surface area contributed by atoms with Gasteiger partial charge in [-0.05, 0) is 34.6 Å². The SMILES string of the molecule is N=S(=N)(c1ccccc1)C1CCCCC1. The molecule has 3 heteroatoms. The highest BCUT2D eigenvalue weighted by molar-refractivity contribution is 7.94. The summed E-state index contributed by atoms with van der Waals surface area (Å²) in [5.74, 6) is 0. The standard InChI is InChI=1S/C12H18N2S/c13-15(14,11-7-3-1-4-8-11)12-9-5-2-6-10-12/h1,3-4,7-8,12-14H,2,5-6,9-10H2. The maximum Gasteiger partial charge on any atom is 0.0286 e. The summed E-state index contributed by atoms with van der Waals surface area (Å²) >= 11 is 0. The number of benzene rings is 1. The summed E-state index contributed by atoms with van der Waals surface area (Å²) in [6.07, 6.45) is 5.88. The second-order valence-electron chi connectivity index (χ2n) is 4.23. The van der Waals surface area contributed by atoms with Gasteiger partial charge in [0.25, 0.3) is 0 Å². The van der Waals surface area contributed by atoms with Crippen molar-refractivity contribution in [2.75, 3.05) is 0 Å². The topological polar surface area (TPSA) is 47.7 Å². The average molecular weight is 222 g/mol. The van der Waals surface area contributed by atoms with Crippen LogP contribution in [0.4, 0.5) is 0 Å². The Morgan fingerprint density at radius 3 is 2.13 bits per heavy atom. The molecule has 0 atom stereocenters. The van der Waals surface area contributed by atoms with E-state index < -0.39 is 9.62 Å². The van der Waals surface area contributed by atoms with Crippen LogP contribution in [0.25, 0.3) is 0 Å². The van der Waals surface area contributed by atoms with Gasteiger partial charge in [0.2, 0.25) is 0 Å². The lowest BCUT2D eigenvalue weighted by Gasteiger charge is -2.26. The molecule has 2 rings (SSSR count). The van der Waals surface area contributed by atoms with Crippen LogP contribution in [-0.4, -0.2) is 5.25 Å². The Hall–Kier alpha value is -0.830. The lowest BCUT2D eigenvalue weighted by atomic mass is 10.0. The second-order valence-corrected chi connectivity index (χ2v) is 6.69. The largest absolute Gasteiger partial charge is 0.266 e. The molecular weight excluding hydrogens is 204 g/mol. The van der Waals surface area contributed by atoms with E-state index in [1.54, 1.807) is 0 Å². The number of nitrogens with one attached hydrogen (secondary N) is 2. The predicted octanol–water partition coefficient (Wildman–Crippen LogP) is 4.06. The van der Waals surface area contributed by atoms with E-state index in [9.17, 15) is 0 Å². The Morgan fingerprint density at radius 2 is 1.53 bits per heavy atom. The minimum absolute atomic E-state index is 0.300. The highest BCUT2D eigenvalue weighted by Gasteiger charge is 2.22. The van der Waals surface area contributed by atoms with Gasteiger partial charge in [0.1, 0.15) is 0 Å². The first-order valence-electron chi connectivity index (χ1n) is 5.58. The van der Waals surface area contributed by atoms with Crippen molar-refractivity contribution in [1.82, 2.24) is 0 Å². The van der Waals surface area contributed by atoms with E-state index in [0.717, 1.165) is 17.7 Å². The molecule has 1 fully saturated rings.